The minimum absolute atomic E-state index is 0.0169. The molecule has 0 aliphatic carbocycles. The second kappa shape index (κ2) is 14.5. The van der Waals surface area contributed by atoms with Gasteiger partial charge in [0, 0.05) is 25.8 Å². The highest BCUT2D eigenvalue weighted by Crippen LogP contribution is 2.37. The van der Waals surface area contributed by atoms with Crippen LogP contribution in [0.3, 0.4) is 0 Å². The minimum Gasteiger partial charge on any atom is -0.374 e. The van der Waals surface area contributed by atoms with E-state index in [1.54, 1.807) is 13.1 Å². The highest BCUT2D eigenvalue weighted by Gasteiger charge is 2.48. The summed E-state index contributed by atoms with van der Waals surface area (Å²) in [4.78, 5) is 16.0. The highest BCUT2D eigenvalue weighted by molar-refractivity contribution is 5.84. The van der Waals surface area contributed by atoms with E-state index in [1.165, 1.54) is 6.07 Å². The molecule has 2 aliphatic rings. The number of nitrogens with zero attached hydrogens (tertiary/aromatic N) is 2. The number of carbonyl (C=O) groups is 1. The normalized spacial score (nSPS) is 21.9. The van der Waals surface area contributed by atoms with Gasteiger partial charge >= 0.3 is 0 Å². The van der Waals surface area contributed by atoms with E-state index in [0.717, 1.165) is 45.2 Å². The molecule has 2 N–H and O–H groups in total. The van der Waals surface area contributed by atoms with Crippen LogP contribution in [0.1, 0.15) is 90.0 Å². The number of likely N-dealkylation sites (tertiary alicyclic amines) is 2. The maximum absolute atomic E-state index is 15.3. The van der Waals surface area contributed by atoms with E-state index in [-0.39, 0.29) is 24.2 Å². The number of carbonyl (C=O) groups excluding carboxylic acids is 1. The zero-order valence-electron chi connectivity index (χ0n) is 23.9. The van der Waals surface area contributed by atoms with E-state index in [2.05, 4.69) is 24.5 Å². The maximum atomic E-state index is 15.3. The lowest BCUT2D eigenvalue weighted by Crippen LogP contribution is -2.60. The van der Waals surface area contributed by atoms with Crippen LogP contribution in [0.2, 0.25) is 0 Å². The van der Waals surface area contributed by atoms with Crippen molar-refractivity contribution in [3.63, 3.8) is 0 Å². The van der Waals surface area contributed by atoms with E-state index in [9.17, 15) is 4.79 Å². The molecule has 2 saturated heterocycles. The number of benzene rings is 1. The van der Waals surface area contributed by atoms with Crippen LogP contribution in [0.4, 0.5) is 18.9 Å². The number of amides is 1. The van der Waals surface area contributed by atoms with Gasteiger partial charge < -0.3 is 10.6 Å². The molecule has 0 saturated carbocycles. The number of likely N-dealkylation sites (N-methyl/N-ethyl adjacent to an activating group) is 1. The fourth-order valence-electron chi connectivity index (χ4n) is 6.52. The Morgan fingerprint density at radius 1 is 1.03 bits per heavy atom. The molecule has 8 heteroatoms. The number of hydrogen-bond donors (Lipinski definition) is 2. The fraction of sp³-hybridized carbons (Fsp3) is 0.767. The second-order valence-corrected chi connectivity index (χ2v) is 11.4. The van der Waals surface area contributed by atoms with Gasteiger partial charge in [0.2, 0.25) is 5.91 Å². The van der Waals surface area contributed by atoms with Crippen molar-refractivity contribution >= 4 is 11.6 Å². The molecule has 1 aromatic rings. The molecule has 1 amide bonds. The van der Waals surface area contributed by atoms with Gasteiger partial charge in [-0.2, -0.15) is 0 Å². The molecule has 0 radical (unpaired) electrons. The third kappa shape index (κ3) is 8.10. The molecule has 0 bridgehead atoms. The van der Waals surface area contributed by atoms with Crippen LogP contribution in [0.15, 0.2) is 18.2 Å². The van der Waals surface area contributed by atoms with Gasteiger partial charge in [-0.05, 0) is 81.1 Å². The first kappa shape index (κ1) is 30.7. The summed E-state index contributed by atoms with van der Waals surface area (Å²) >= 11 is 0. The Morgan fingerprint density at radius 3 is 2.24 bits per heavy atom. The Bertz CT molecular complexity index is 869. The van der Waals surface area contributed by atoms with Gasteiger partial charge in [-0.1, -0.05) is 46.1 Å². The van der Waals surface area contributed by atoms with Crippen LogP contribution in [0.25, 0.3) is 0 Å². The van der Waals surface area contributed by atoms with Gasteiger partial charge in [-0.3, -0.25) is 14.6 Å². The first-order valence-corrected chi connectivity index (χ1v) is 14.8. The quantitative estimate of drug-likeness (QED) is 0.311. The van der Waals surface area contributed by atoms with E-state index in [1.807, 2.05) is 22.8 Å². The van der Waals surface area contributed by atoms with Crippen LogP contribution >= 0.6 is 0 Å². The smallest absolute Gasteiger partial charge is 0.275 e. The molecule has 2 atom stereocenters. The average molecular weight is 539 g/mol. The van der Waals surface area contributed by atoms with Gasteiger partial charge in [-0.25, -0.2) is 13.2 Å². The molecule has 2 heterocycles. The molecular weight excluding hydrogens is 489 g/mol. The highest BCUT2D eigenvalue weighted by atomic mass is 19.3. The maximum Gasteiger partial charge on any atom is 0.275 e. The molecule has 3 rings (SSSR count). The van der Waals surface area contributed by atoms with Crippen molar-refractivity contribution in [3.8, 4) is 0 Å². The Kier molecular flexibility index (Phi) is 11.8. The second-order valence-electron chi connectivity index (χ2n) is 11.4. The van der Waals surface area contributed by atoms with Crippen molar-refractivity contribution in [2.75, 3.05) is 45.1 Å². The summed E-state index contributed by atoms with van der Waals surface area (Å²) in [6, 6.07) is 3.94. The number of alkyl halides is 2. The van der Waals surface area contributed by atoms with Gasteiger partial charge in [0.25, 0.3) is 5.92 Å². The zero-order chi connectivity index (χ0) is 27.7. The van der Waals surface area contributed by atoms with E-state index >= 15 is 13.2 Å². The summed E-state index contributed by atoms with van der Waals surface area (Å²) in [6.45, 7) is 8.81. The number of halogens is 3. The van der Waals surface area contributed by atoms with Gasteiger partial charge in [-0.15, -0.1) is 0 Å². The van der Waals surface area contributed by atoms with E-state index in [4.69, 9.17) is 0 Å². The van der Waals surface area contributed by atoms with Crippen molar-refractivity contribution in [2.24, 2.45) is 5.92 Å². The molecule has 0 aromatic heterocycles. The molecule has 2 aliphatic heterocycles. The first-order valence-electron chi connectivity index (χ1n) is 14.8. The molecule has 2 fully saturated rings. The lowest BCUT2D eigenvalue weighted by Gasteiger charge is -2.46. The molecule has 2 unspecified atom stereocenters. The van der Waals surface area contributed by atoms with Crippen LogP contribution in [0, 0.1) is 11.7 Å². The number of hydrogen-bond acceptors (Lipinski definition) is 4. The average Bonchev–Trinajstić information content (AvgIpc) is 2.88. The number of piperidine rings is 2. The molecular formula is C30H49F3N4O. The van der Waals surface area contributed by atoms with Crippen LogP contribution < -0.4 is 10.6 Å². The summed E-state index contributed by atoms with van der Waals surface area (Å²) in [5.74, 6) is -2.62. The van der Waals surface area contributed by atoms with Gasteiger partial charge in [0.15, 0.2) is 0 Å². The van der Waals surface area contributed by atoms with Crippen LogP contribution in [-0.2, 0) is 4.79 Å². The lowest BCUT2D eigenvalue weighted by atomic mass is 9.86. The Morgan fingerprint density at radius 2 is 1.68 bits per heavy atom. The molecule has 216 valence electrons. The predicted octanol–water partition coefficient (Wildman–Crippen LogP) is 6.26. The SMILES string of the molecule is CCCC(CCC)CN1CCC(N2CCC(c3ccc(NC(CCC)C(=O)NC)cc3F)CC2)C(F)(F)C1. The monoisotopic (exact) mass is 538 g/mol. The largest absolute Gasteiger partial charge is 0.374 e. The number of nitrogens with one attached hydrogen (secondary N) is 2. The van der Waals surface area contributed by atoms with Crippen LogP contribution in [-0.4, -0.2) is 73.5 Å². The van der Waals surface area contributed by atoms with Crippen molar-refractivity contribution < 1.29 is 18.0 Å². The van der Waals surface area contributed by atoms with E-state index in [0.29, 0.717) is 55.9 Å². The van der Waals surface area contributed by atoms with Crippen molar-refractivity contribution in [1.82, 2.24) is 15.1 Å². The standard InChI is InChI=1S/C30H49F3N4O/c1-5-8-22(9-6-2)20-36-16-15-28(30(32,33)21-36)37-17-13-23(14-18-37)25-12-11-24(19-26(25)31)35-27(10-7-3)29(38)34-4/h11-12,19,22-23,27-28,35H,5-10,13-18,20-21H2,1-4H3,(H,34,38). The van der Waals surface area contributed by atoms with Crippen LogP contribution in [0.5, 0.6) is 0 Å². The Hall–Kier alpha value is -1.80. The third-order valence-corrected chi connectivity index (χ3v) is 8.44. The van der Waals surface area contributed by atoms with E-state index < -0.39 is 18.0 Å². The Labute approximate surface area is 227 Å². The first-order chi connectivity index (χ1) is 18.2. The zero-order valence-corrected chi connectivity index (χ0v) is 23.9. The summed E-state index contributed by atoms with van der Waals surface area (Å²) in [7, 11) is 1.60. The van der Waals surface area contributed by atoms with Crippen molar-refractivity contribution in [2.45, 2.75) is 102 Å². The van der Waals surface area contributed by atoms with Gasteiger partial charge in [0.1, 0.15) is 11.9 Å². The molecule has 0 spiro atoms. The predicted molar refractivity (Wildman–Crippen MR) is 149 cm³/mol. The summed E-state index contributed by atoms with van der Waals surface area (Å²) in [5, 5.41) is 5.79. The lowest BCUT2D eigenvalue weighted by molar-refractivity contribution is -0.133. The fourth-order valence-corrected chi connectivity index (χ4v) is 6.52. The molecule has 5 nitrogen and oxygen atoms in total. The molecule has 1 aromatic carbocycles. The van der Waals surface area contributed by atoms with Crippen molar-refractivity contribution in [1.29, 1.82) is 0 Å². The summed E-state index contributed by atoms with van der Waals surface area (Å²) in [6.07, 6.45) is 7.73. The summed E-state index contributed by atoms with van der Waals surface area (Å²) < 4.78 is 45.7. The van der Waals surface area contributed by atoms with Crippen molar-refractivity contribution in [3.05, 3.63) is 29.6 Å². The Balaban J connectivity index is 1.55. The number of rotatable bonds is 13. The minimum atomic E-state index is -2.73. The molecule has 38 heavy (non-hydrogen) atoms. The third-order valence-electron chi connectivity index (χ3n) is 8.44. The topological polar surface area (TPSA) is 47.6 Å². The number of anilines is 1. The summed E-state index contributed by atoms with van der Waals surface area (Å²) in [5.41, 5.74) is 1.22. The van der Waals surface area contributed by atoms with Gasteiger partial charge in [0.05, 0.1) is 12.6 Å².